The average molecular weight is 400 g/mol. The number of amides is 1. The van der Waals surface area contributed by atoms with Gasteiger partial charge in [0.05, 0.1) is 4.88 Å². The van der Waals surface area contributed by atoms with Crippen molar-refractivity contribution in [2.45, 2.75) is 18.9 Å². The SMILES string of the molecule is O=C(c1cc2cnccc2s1)N1C[C@@H]2CC[C@@H](Nc3ccc(Cl)nn3)[C@@H]2C1. The fourth-order valence-corrected chi connectivity index (χ4v) is 5.44. The van der Waals surface area contributed by atoms with Gasteiger partial charge in [0.15, 0.2) is 5.15 Å². The van der Waals surface area contributed by atoms with E-state index < -0.39 is 0 Å². The number of hydrogen-bond acceptors (Lipinski definition) is 6. The van der Waals surface area contributed by atoms with Crippen LogP contribution >= 0.6 is 22.9 Å². The van der Waals surface area contributed by atoms with Gasteiger partial charge in [-0.15, -0.1) is 21.5 Å². The van der Waals surface area contributed by atoms with Crippen LogP contribution in [0.15, 0.2) is 36.7 Å². The van der Waals surface area contributed by atoms with Crippen LogP contribution in [0.2, 0.25) is 5.15 Å². The predicted octanol–water partition coefficient (Wildman–Crippen LogP) is 3.70. The van der Waals surface area contributed by atoms with Crippen LogP contribution < -0.4 is 5.32 Å². The highest BCUT2D eigenvalue weighted by atomic mass is 35.5. The van der Waals surface area contributed by atoms with Crippen LogP contribution in [0.25, 0.3) is 10.1 Å². The lowest BCUT2D eigenvalue weighted by molar-refractivity contribution is 0.0785. The first kappa shape index (κ1) is 16.9. The monoisotopic (exact) mass is 399 g/mol. The number of carbonyl (C=O) groups excluding carboxylic acids is 1. The lowest BCUT2D eigenvalue weighted by atomic mass is 9.98. The minimum absolute atomic E-state index is 0.135. The number of hydrogen-bond donors (Lipinski definition) is 1. The zero-order valence-electron chi connectivity index (χ0n) is 14.5. The van der Waals surface area contributed by atoms with Gasteiger partial charge in [0.1, 0.15) is 5.82 Å². The number of halogens is 1. The van der Waals surface area contributed by atoms with E-state index in [9.17, 15) is 4.79 Å². The van der Waals surface area contributed by atoms with Crippen LogP contribution in [0.3, 0.4) is 0 Å². The lowest BCUT2D eigenvalue weighted by Crippen LogP contribution is -2.33. The summed E-state index contributed by atoms with van der Waals surface area (Å²) in [6, 6.07) is 7.83. The Balaban J connectivity index is 1.30. The summed E-state index contributed by atoms with van der Waals surface area (Å²) in [6.07, 6.45) is 5.80. The number of pyridine rings is 1. The number of nitrogens with zero attached hydrogens (tertiary/aromatic N) is 4. The summed E-state index contributed by atoms with van der Waals surface area (Å²) in [7, 11) is 0. The Hall–Kier alpha value is -2.25. The van der Waals surface area contributed by atoms with Gasteiger partial charge in [-0.05, 0) is 43.0 Å². The first-order valence-electron chi connectivity index (χ1n) is 9.06. The summed E-state index contributed by atoms with van der Waals surface area (Å²) in [5.41, 5.74) is 0. The maximum Gasteiger partial charge on any atom is 0.263 e. The van der Waals surface area contributed by atoms with Crippen molar-refractivity contribution in [2.75, 3.05) is 18.4 Å². The Morgan fingerprint density at radius 2 is 2.15 bits per heavy atom. The molecule has 0 aromatic carbocycles. The molecule has 2 fully saturated rings. The number of fused-ring (bicyclic) bond motifs is 2. The lowest BCUT2D eigenvalue weighted by Gasteiger charge is -2.21. The molecule has 4 heterocycles. The van der Waals surface area contributed by atoms with Crippen molar-refractivity contribution in [1.82, 2.24) is 20.1 Å². The molecule has 1 N–H and O–H groups in total. The predicted molar refractivity (Wildman–Crippen MR) is 106 cm³/mol. The number of aromatic nitrogens is 3. The number of rotatable bonds is 3. The second kappa shape index (κ2) is 6.73. The Labute approximate surface area is 165 Å². The molecule has 0 radical (unpaired) electrons. The van der Waals surface area contributed by atoms with Gasteiger partial charge in [-0.3, -0.25) is 9.78 Å². The molecule has 1 amide bonds. The molecule has 1 aliphatic carbocycles. The fourth-order valence-electron chi connectivity index (χ4n) is 4.34. The Morgan fingerprint density at radius 3 is 2.96 bits per heavy atom. The van der Waals surface area contributed by atoms with E-state index in [1.807, 2.05) is 29.3 Å². The van der Waals surface area contributed by atoms with E-state index >= 15 is 0 Å². The fraction of sp³-hybridized carbons (Fsp3) is 0.368. The highest BCUT2D eigenvalue weighted by Gasteiger charge is 2.44. The largest absolute Gasteiger partial charge is 0.365 e. The first-order chi connectivity index (χ1) is 13.2. The topological polar surface area (TPSA) is 71.0 Å². The van der Waals surface area contributed by atoms with Crippen LogP contribution in [0.5, 0.6) is 0 Å². The van der Waals surface area contributed by atoms with Gasteiger partial charge in [0.25, 0.3) is 5.91 Å². The molecule has 1 saturated heterocycles. The Bertz CT molecular complexity index is 958. The third-order valence-corrected chi connectivity index (χ3v) is 6.94. The van der Waals surface area contributed by atoms with Crippen molar-refractivity contribution in [3.63, 3.8) is 0 Å². The highest BCUT2D eigenvalue weighted by Crippen LogP contribution is 2.40. The molecular weight excluding hydrogens is 382 g/mol. The Morgan fingerprint density at radius 1 is 1.22 bits per heavy atom. The minimum Gasteiger partial charge on any atom is -0.365 e. The van der Waals surface area contributed by atoms with Gasteiger partial charge in [-0.1, -0.05) is 11.6 Å². The normalized spacial score (nSPS) is 24.3. The molecule has 1 saturated carbocycles. The molecule has 3 aromatic rings. The summed E-state index contributed by atoms with van der Waals surface area (Å²) in [5, 5.41) is 12.9. The van der Waals surface area contributed by atoms with Crippen molar-refractivity contribution in [2.24, 2.45) is 11.8 Å². The van der Waals surface area contributed by atoms with E-state index in [1.165, 1.54) is 0 Å². The summed E-state index contributed by atoms with van der Waals surface area (Å²) < 4.78 is 1.11. The van der Waals surface area contributed by atoms with E-state index in [-0.39, 0.29) is 5.91 Å². The molecule has 3 atom stereocenters. The summed E-state index contributed by atoms with van der Waals surface area (Å²) in [4.78, 5) is 20.0. The van der Waals surface area contributed by atoms with Crippen LogP contribution in [0.4, 0.5) is 5.82 Å². The maximum atomic E-state index is 13.0. The van der Waals surface area contributed by atoms with Gasteiger partial charge >= 0.3 is 0 Å². The average Bonchev–Trinajstić information content (AvgIpc) is 3.38. The summed E-state index contributed by atoms with van der Waals surface area (Å²) in [5.74, 6) is 1.87. The maximum absolute atomic E-state index is 13.0. The van der Waals surface area contributed by atoms with Crippen molar-refractivity contribution in [3.05, 3.63) is 46.7 Å². The van der Waals surface area contributed by atoms with Crippen molar-refractivity contribution in [3.8, 4) is 0 Å². The van der Waals surface area contributed by atoms with Crippen molar-refractivity contribution >= 4 is 44.7 Å². The molecule has 5 rings (SSSR count). The van der Waals surface area contributed by atoms with E-state index in [0.29, 0.717) is 23.0 Å². The summed E-state index contributed by atoms with van der Waals surface area (Å²) in [6.45, 7) is 1.62. The zero-order valence-corrected chi connectivity index (χ0v) is 16.1. The van der Waals surface area contributed by atoms with Gasteiger partial charge in [-0.2, -0.15) is 0 Å². The van der Waals surface area contributed by atoms with Crippen LogP contribution in [-0.2, 0) is 0 Å². The van der Waals surface area contributed by atoms with Gasteiger partial charge in [-0.25, -0.2) is 0 Å². The molecule has 6 nitrogen and oxygen atoms in total. The molecule has 1 aliphatic heterocycles. The highest BCUT2D eigenvalue weighted by molar-refractivity contribution is 7.20. The quantitative estimate of drug-likeness (QED) is 0.727. The molecule has 0 bridgehead atoms. The molecule has 0 spiro atoms. The molecule has 0 unspecified atom stereocenters. The van der Waals surface area contributed by atoms with E-state index in [2.05, 4.69) is 20.5 Å². The van der Waals surface area contributed by atoms with Crippen LogP contribution in [0, 0.1) is 11.8 Å². The molecule has 8 heteroatoms. The van der Waals surface area contributed by atoms with Gasteiger partial charge in [0, 0.05) is 47.5 Å². The summed E-state index contributed by atoms with van der Waals surface area (Å²) >= 11 is 7.36. The minimum atomic E-state index is 0.135. The first-order valence-corrected chi connectivity index (χ1v) is 10.3. The number of anilines is 1. The molecule has 3 aromatic heterocycles. The number of carbonyl (C=O) groups is 1. The van der Waals surface area contributed by atoms with E-state index in [1.54, 1.807) is 23.6 Å². The molecular formula is C19H18ClN5OS. The number of thiophene rings is 1. The number of likely N-dealkylation sites (tertiary alicyclic amines) is 1. The molecule has 27 heavy (non-hydrogen) atoms. The second-order valence-electron chi connectivity index (χ2n) is 7.23. The van der Waals surface area contributed by atoms with Crippen LogP contribution in [0.1, 0.15) is 22.5 Å². The van der Waals surface area contributed by atoms with E-state index in [0.717, 1.165) is 46.7 Å². The van der Waals surface area contributed by atoms with E-state index in [4.69, 9.17) is 11.6 Å². The number of nitrogens with one attached hydrogen (secondary N) is 1. The van der Waals surface area contributed by atoms with Gasteiger partial charge in [0.2, 0.25) is 0 Å². The smallest absolute Gasteiger partial charge is 0.263 e. The van der Waals surface area contributed by atoms with Crippen LogP contribution in [-0.4, -0.2) is 45.1 Å². The van der Waals surface area contributed by atoms with Gasteiger partial charge < -0.3 is 10.2 Å². The third kappa shape index (κ3) is 3.15. The Kier molecular flexibility index (Phi) is 4.21. The zero-order chi connectivity index (χ0) is 18.4. The molecule has 2 aliphatic rings. The third-order valence-electron chi connectivity index (χ3n) is 5.64. The molecule has 138 valence electrons. The second-order valence-corrected chi connectivity index (χ2v) is 8.70. The van der Waals surface area contributed by atoms with Crippen molar-refractivity contribution in [1.29, 1.82) is 0 Å². The van der Waals surface area contributed by atoms with Crippen molar-refractivity contribution < 1.29 is 4.79 Å². The standard InChI is InChI=1S/C19H18ClN5OS/c20-17-3-4-18(24-23-17)22-14-2-1-11-9-25(10-13(11)14)19(26)16-7-12-8-21-6-5-15(12)27-16/h3-8,11,13-14H,1-2,9-10H2,(H,22,24)/t11-,13+,14+/m0/s1.